The SMILES string of the molecule is O=C(NOCC1CC1)c1ccc(F)c(F)c1Nc1ccc(I)cc1Cl.O=C(NOCCO)c1ccc(F)c(F)c1Nc1ccc(I)cc1F.O=C(NOC[C@H](O)CO)c1ccc(F)c(F)c1Nc1ccc(I)cc1F. The number of aliphatic hydroxyl groups is 3. The van der Waals surface area contributed by atoms with Crippen LogP contribution in [0.25, 0.3) is 0 Å². The zero-order chi connectivity index (χ0) is 54.9. The van der Waals surface area contributed by atoms with Crippen LogP contribution in [0.3, 0.4) is 0 Å². The molecule has 7 rings (SSSR count). The van der Waals surface area contributed by atoms with Crippen molar-refractivity contribution in [3.05, 3.63) is 170 Å². The Morgan fingerprint density at radius 3 is 1.32 bits per heavy atom. The van der Waals surface area contributed by atoms with Gasteiger partial charge < -0.3 is 31.3 Å². The molecular formula is C48H40ClF8I3N6O9. The minimum atomic E-state index is -1.37. The number of hydrogen-bond acceptors (Lipinski definition) is 12. The van der Waals surface area contributed by atoms with E-state index in [1.807, 2.05) is 56.1 Å². The van der Waals surface area contributed by atoms with Gasteiger partial charge in [0.15, 0.2) is 34.9 Å². The predicted molar refractivity (Wildman–Crippen MR) is 284 cm³/mol. The number of hydrogen-bond donors (Lipinski definition) is 9. The Kier molecular flexibility index (Phi) is 23.8. The fourth-order valence-electron chi connectivity index (χ4n) is 5.86. The molecule has 3 amide bonds. The van der Waals surface area contributed by atoms with E-state index in [0.29, 0.717) is 30.4 Å². The number of halogens is 12. The van der Waals surface area contributed by atoms with E-state index in [4.69, 9.17) is 31.8 Å². The number of nitrogens with one attached hydrogen (secondary N) is 6. The van der Waals surface area contributed by atoms with Gasteiger partial charge in [-0.25, -0.2) is 51.6 Å². The molecule has 1 saturated carbocycles. The molecular weight excluding hydrogens is 1370 g/mol. The molecule has 1 aliphatic carbocycles. The van der Waals surface area contributed by atoms with E-state index in [1.165, 1.54) is 30.3 Å². The third-order valence-electron chi connectivity index (χ3n) is 9.78. The van der Waals surface area contributed by atoms with E-state index < -0.39 is 95.0 Å². The maximum atomic E-state index is 14.3. The standard InChI is InChI=1S/C17H14ClF2IN2O2.C16H14F3IN2O4.C15H12F3IN2O3/c18-12-7-10(21)3-6-14(12)22-16-11(4-5-13(19)15(16)20)17(24)23-25-8-9-1-2-9;17-11-3-2-10(16(25)22-26-7-9(24)6-23)15(14(11)19)21-13-4-1-8(20)5-12(13)18;16-10-3-2-9(15(23)21-24-6-5-22)14(13(10)18)20-12-4-1-8(19)7-11(12)17/h3-7,9,22H,1-2,8H2,(H,23,24);1-5,9,21,23-24H,6-7H2,(H,22,25);1-4,7,20,22H,5-6H2,(H,21,23)/t;9-;/m.1./s1. The second-order valence-corrected chi connectivity index (χ2v) is 19.5. The van der Waals surface area contributed by atoms with Gasteiger partial charge in [-0.05, 0) is 178 Å². The van der Waals surface area contributed by atoms with Gasteiger partial charge in [0.1, 0.15) is 24.3 Å². The van der Waals surface area contributed by atoms with Gasteiger partial charge in [0.2, 0.25) is 0 Å². The van der Waals surface area contributed by atoms with Crippen molar-refractivity contribution in [1.82, 2.24) is 16.4 Å². The highest BCUT2D eigenvalue weighted by atomic mass is 127. The second kappa shape index (κ2) is 29.4. The number of aliphatic hydroxyl groups excluding tert-OH is 3. The van der Waals surface area contributed by atoms with Crippen LogP contribution in [0.15, 0.2) is 91.0 Å². The van der Waals surface area contributed by atoms with Crippen molar-refractivity contribution in [3.63, 3.8) is 0 Å². The summed E-state index contributed by atoms with van der Waals surface area (Å²) in [6, 6.07) is 18.8. The highest BCUT2D eigenvalue weighted by Crippen LogP contribution is 2.34. The predicted octanol–water partition coefficient (Wildman–Crippen LogP) is 10.6. The van der Waals surface area contributed by atoms with E-state index in [0.717, 1.165) is 46.7 Å². The largest absolute Gasteiger partial charge is 0.394 e. The lowest BCUT2D eigenvalue weighted by Crippen LogP contribution is -2.30. The minimum absolute atomic E-state index is 0.0793. The van der Waals surface area contributed by atoms with Crippen LogP contribution in [0.1, 0.15) is 43.9 Å². The highest BCUT2D eigenvalue weighted by molar-refractivity contribution is 14.1. The lowest BCUT2D eigenvalue weighted by Gasteiger charge is -2.15. The van der Waals surface area contributed by atoms with Gasteiger partial charge in [0, 0.05) is 10.7 Å². The van der Waals surface area contributed by atoms with Crippen LogP contribution in [0.2, 0.25) is 5.02 Å². The number of hydroxylamine groups is 3. The van der Waals surface area contributed by atoms with Crippen molar-refractivity contribution in [1.29, 1.82) is 0 Å². The minimum Gasteiger partial charge on any atom is -0.394 e. The second-order valence-electron chi connectivity index (χ2n) is 15.4. The van der Waals surface area contributed by atoms with Gasteiger partial charge in [0.25, 0.3) is 17.7 Å². The Labute approximate surface area is 467 Å². The summed E-state index contributed by atoms with van der Waals surface area (Å²) in [5.41, 5.74) is 4.14. The van der Waals surface area contributed by atoms with Crippen molar-refractivity contribution in [2.45, 2.75) is 18.9 Å². The van der Waals surface area contributed by atoms with Crippen LogP contribution in [-0.2, 0) is 14.5 Å². The molecule has 0 aliphatic heterocycles. The van der Waals surface area contributed by atoms with Gasteiger partial charge >= 0.3 is 0 Å². The van der Waals surface area contributed by atoms with Crippen LogP contribution in [0.4, 0.5) is 69.2 Å². The van der Waals surface area contributed by atoms with Crippen LogP contribution < -0.4 is 32.4 Å². The van der Waals surface area contributed by atoms with Crippen molar-refractivity contribution < 1.29 is 79.3 Å². The molecule has 9 N–H and O–H groups in total. The van der Waals surface area contributed by atoms with Gasteiger partial charge in [-0.1, -0.05) is 11.6 Å². The molecule has 400 valence electrons. The fourth-order valence-corrected chi connectivity index (χ4v) is 7.67. The summed E-state index contributed by atoms with van der Waals surface area (Å²) in [7, 11) is 0. The number of carbonyl (C=O) groups excluding carboxylic acids is 3. The molecule has 15 nitrogen and oxygen atoms in total. The zero-order valence-electron chi connectivity index (χ0n) is 38.1. The molecule has 6 aromatic carbocycles. The lowest BCUT2D eigenvalue weighted by molar-refractivity contribution is -0.0295. The smallest absolute Gasteiger partial charge is 0.277 e. The summed E-state index contributed by atoms with van der Waals surface area (Å²) in [5.74, 6) is -10.8. The van der Waals surface area contributed by atoms with Crippen molar-refractivity contribution in [3.8, 4) is 0 Å². The van der Waals surface area contributed by atoms with Crippen LogP contribution in [-0.4, -0.2) is 72.2 Å². The van der Waals surface area contributed by atoms with Crippen LogP contribution in [0, 0.1) is 63.2 Å². The Bertz CT molecular complexity index is 3010. The summed E-state index contributed by atoms with van der Waals surface area (Å²) in [6.07, 6.45) is 0.914. The molecule has 0 bridgehead atoms. The van der Waals surface area contributed by atoms with Gasteiger partial charge in [-0.15, -0.1) is 0 Å². The maximum absolute atomic E-state index is 14.3. The number of anilines is 6. The molecule has 0 spiro atoms. The van der Waals surface area contributed by atoms with Crippen LogP contribution in [0.5, 0.6) is 0 Å². The monoisotopic (exact) mass is 1410 g/mol. The van der Waals surface area contributed by atoms with Gasteiger partial charge in [-0.3, -0.25) is 28.9 Å². The first-order valence-electron chi connectivity index (χ1n) is 21.5. The quantitative estimate of drug-likeness (QED) is 0.0161. The maximum Gasteiger partial charge on any atom is 0.277 e. The first-order chi connectivity index (χ1) is 35.7. The molecule has 1 aliphatic rings. The molecule has 0 unspecified atom stereocenters. The van der Waals surface area contributed by atoms with Gasteiger partial charge in [0.05, 0.1) is 82.3 Å². The summed E-state index contributed by atoms with van der Waals surface area (Å²) < 4.78 is 113. The number of benzene rings is 6. The molecule has 1 atom stereocenters. The molecule has 0 radical (unpaired) electrons. The number of carbonyl (C=O) groups is 3. The molecule has 0 saturated heterocycles. The third kappa shape index (κ3) is 17.9. The summed E-state index contributed by atoms with van der Waals surface area (Å²) in [6.45, 7) is -1.11. The first-order valence-corrected chi connectivity index (χ1v) is 25.1. The molecule has 0 aromatic heterocycles. The topological polar surface area (TPSA) is 212 Å². The lowest BCUT2D eigenvalue weighted by atomic mass is 10.1. The number of rotatable bonds is 19. The van der Waals surface area contributed by atoms with E-state index in [9.17, 15) is 49.5 Å². The first kappa shape index (κ1) is 60.7. The summed E-state index contributed by atoms with van der Waals surface area (Å²) in [4.78, 5) is 50.8. The Morgan fingerprint density at radius 2 is 0.933 bits per heavy atom. The molecule has 27 heteroatoms. The Morgan fingerprint density at radius 1 is 0.547 bits per heavy atom. The summed E-state index contributed by atoms with van der Waals surface area (Å²) >= 11 is 12.0. The number of amides is 3. The van der Waals surface area contributed by atoms with Crippen molar-refractivity contribution in [2.75, 3.05) is 49.0 Å². The highest BCUT2D eigenvalue weighted by Gasteiger charge is 2.25. The van der Waals surface area contributed by atoms with E-state index in [2.05, 4.69) is 53.7 Å². The average Bonchev–Trinajstić information content (AvgIpc) is 4.20. The van der Waals surface area contributed by atoms with E-state index in [-0.39, 0.29) is 47.0 Å². The van der Waals surface area contributed by atoms with E-state index in [1.54, 1.807) is 30.3 Å². The fraction of sp³-hybridized carbons (Fsp3) is 0.188. The van der Waals surface area contributed by atoms with Crippen molar-refractivity contribution >= 4 is 131 Å². The van der Waals surface area contributed by atoms with Gasteiger partial charge in [-0.2, -0.15) is 0 Å². The molecule has 6 aromatic rings. The van der Waals surface area contributed by atoms with Crippen LogP contribution >= 0.6 is 79.4 Å². The zero-order valence-corrected chi connectivity index (χ0v) is 45.3. The molecule has 1 fully saturated rings. The van der Waals surface area contributed by atoms with Crippen molar-refractivity contribution in [2.24, 2.45) is 5.92 Å². The third-order valence-corrected chi connectivity index (χ3v) is 12.1. The Hall–Kier alpha value is -5.19. The Balaban J connectivity index is 0.000000208. The molecule has 75 heavy (non-hydrogen) atoms. The van der Waals surface area contributed by atoms with E-state index >= 15 is 0 Å². The average molecular weight is 1410 g/mol. The summed E-state index contributed by atoms with van der Waals surface area (Å²) in [5, 5.41) is 34.2. The normalized spacial score (nSPS) is 12.0. The molecule has 0 heterocycles.